The van der Waals surface area contributed by atoms with E-state index in [1.54, 1.807) is 78.9 Å². The summed E-state index contributed by atoms with van der Waals surface area (Å²) in [5, 5.41) is 12.4. The van der Waals surface area contributed by atoms with E-state index in [9.17, 15) is 30.7 Å². The smallest absolute Gasteiger partial charge is 0.295 e. The van der Waals surface area contributed by atoms with Crippen LogP contribution in [-0.2, 0) is 20.2 Å². The van der Waals surface area contributed by atoms with Gasteiger partial charge in [0.05, 0.1) is 5.69 Å². The number of carbonyl (C=O) groups excluding carboxylic acids is 1. The maximum Gasteiger partial charge on any atom is 0.295 e. The Bertz CT molecular complexity index is 2370. The first kappa shape index (κ1) is 29.8. The summed E-state index contributed by atoms with van der Waals surface area (Å²) in [7, 11) is -9.13. The molecule has 0 saturated carbocycles. The zero-order valence-corrected chi connectivity index (χ0v) is 25.1. The van der Waals surface area contributed by atoms with Crippen LogP contribution in [0.2, 0.25) is 0 Å². The molecule has 0 saturated heterocycles. The van der Waals surface area contributed by atoms with Crippen LogP contribution < -0.4 is 5.32 Å². The van der Waals surface area contributed by atoms with Gasteiger partial charge in [-0.1, -0.05) is 72.3 Å². The molecule has 0 spiro atoms. The number of aromatic nitrogens is 3. The Kier molecular flexibility index (Phi) is 7.54. The number of amides is 1. The van der Waals surface area contributed by atoms with Crippen LogP contribution in [0, 0.1) is 6.92 Å². The van der Waals surface area contributed by atoms with Gasteiger partial charge in [-0.3, -0.25) is 13.9 Å². The molecular weight excluding hydrogens is 617 g/mol. The van der Waals surface area contributed by atoms with Crippen molar-refractivity contribution in [3.8, 4) is 5.69 Å². The summed E-state index contributed by atoms with van der Waals surface area (Å²) in [4.78, 5) is 13.3. The minimum Gasteiger partial charge on any atom is -0.322 e. The highest BCUT2D eigenvalue weighted by Crippen LogP contribution is 2.30. The quantitative estimate of drug-likeness (QED) is 0.144. The van der Waals surface area contributed by atoms with Crippen LogP contribution in [0.1, 0.15) is 27.0 Å². The maximum absolute atomic E-state index is 12.6. The predicted molar refractivity (Wildman–Crippen MR) is 171 cm³/mol. The molecule has 11 nitrogen and oxygen atoms in total. The lowest BCUT2D eigenvalue weighted by molar-refractivity contribution is 0.102. The van der Waals surface area contributed by atoms with Crippen molar-refractivity contribution in [1.82, 2.24) is 15.0 Å². The molecule has 3 N–H and O–H groups in total. The molecule has 0 aliphatic carbocycles. The number of nitrogens with zero attached hydrogens (tertiary/aromatic N) is 3. The lowest BCUT2D eigenvalue weighted by Crippen LogP contribution is -2.12. The third kappa shape index (κ3) is 6.23. The maximum atomic E-state index is 12.6. The molecular formula is C32H24N4O7S2. The third-order valence-corrected chi connectivity index (χ3v) is 8.88. The van der Waals surface area contributed by atoms with Gasteiger partial charge in [-0.2, -0.15) is 21.6 Å². The minimum absolute atomic E-state index is 0.199. The first-order valence-corrected chi connectivity index (χ1v) is 16.3. The first-order valence-electron chi connectivity index (χ1n) is 13.4. The highest BCUT2D eigenvalue weighted by molar-refractivity contribution is 7.86. The van der Waals surface area contributed by atoms with Gasteiger partial charge in [0.1, 0.15) is 20.8 Å². The van der Waals surface area contributed by atoms with E-state index in [0.717, 1.165) is 5.56 Å². The number of carbonyl (C=O) groups is 1. The van der Waals surface area contributed by atoms with Crippen molar-refractivity contribution >= 4 is 65.8 Å². The summed E-state index contributed by atoms with van der Waals surface area (Å²) in [5.74, 6) is -0.425. The van der Waals surface area contributed by atoms with Gasteiger partial charge in [0, 0.05) is 22.0 Å². The second-order valence-corrected chi connectivity index (χ2v) is 13.0. The van der Waals surface area contributed by atoms with E-state index in [1.807, 2.05) is 6.92 Å². The zero-order chi connectivity index (χ0) is 31.9. The van der Waals surface area contributed by atoms with E-state index in [2.05, 4.69) is 15.5 Å². The SMILES string of the molecule is Cc1ccc(C(=O)Nc2ccc(/C=C/c3ccc(-n4nc5cc(S(=O)(=O)O)c6ccccc6c5n4)cc3)c(S(=O)(=O)O)c2)cc1. The molecule has 0 radical (unpaired) electrons. The molecule has 0 aliphatic rings. The fraction of sp³-hybridized carbons (Fsp3) is 0.0312. The van der Waals surface area contributed by atoms with Crippen molar-refractivity contribution in [2.45, 2.75) is 16.7 Å². The average molecular weight is 641 g/mol. The topological polar surface area (TPSA) is 169 Å². The van der Waals surface area contributed by atoms with E-state index < -0.39 is 26.1 Å². The first-order chi connectivity index (χ1) is 21.4. The second-order valence-electron chi connectivity index (χ2n) is 10.2. The average Bonchev–Trinajstić information content (AvgIpc) is 3.44. The van der Waals surface area contributed by atoms with Crippen molar-refractivity contribution in [3.05, 3.63) is 119 Å². The largest absolute Gasteiger partial charge is 0.322 e. The molecule has 5 aromatic carbocycles. The summed E-state index contributed by atoms with van der Waals surface area (Å²) in [6, 6.07) is 26.0. The molecule has 1 amide bonds. The second kappa shape index (κ2) is 11.4. The molecule has 0 aliphatic heterocycles. The number of aryl methyl sites for hydroxylation is 1. The summed E-state index contributed by atoms with van der Waals surface area (Å²) in [6.45, 7) is 1.90. The van der Waals surface area contributed by atoms with Crippen LogP contribution in [0.4, 0.5) is 5.69 Å². The Labute approximate surface area is 258 Å². The van der Waals surface area contributed by atoms with E-state index in [0.29, 0.717) is 33.1 Å². The van der Waals surface area contributed by atoms with Crippen LogP contribution in [0.15, 0.2) is 107 Å². The number of rotatable bonds is 7. The molecule has 0 atom stereocenters. The monoisotopic (exact) mass is 640 g/mol. The Morgan fingerprint density at radius 1 is 0.756 bits per heavy atom. The standard InChI is InChI=1S/C32H24N4O7S2/c1-20-6-11-23(12-7-20)32(37)33-24-15-14-22(29(18-24)44(38,39)40)13-8-21-9-16-25(17-10-21)36-34-28-19-30(45(41,42)43)26-4-2-3-5-27(26)31(28)35-36/h2-19H,1H3,(H,33,37)(H,38,39,40)(H,41,42,43)/b13-8+. The van der Waals surface area contributed by atoms with E-state index >= 15 is 0 Å². The summed E-state index contributed by atoms with van der Waals surface area (Å²) < 4.78 is 68.0. The number of fused-ring (bicyclic) bond motifs is 3. The molecule has 1 aromatic heterocycles. The van der Waals surface area contributed by atoms with Crippen LogP contribution in [0.25, 0.3) is 39.6 Å². The highest BCUT2D eigenvalue weighted by atomic mass is 32.2. The highest BCUT2D eigenvalue weighted by Gasteiger charge is 2.20. The van der Waals surface area contributed by atoms with E-state index in [4.69, 9.17) is 0 Å². The van der Waals surface area contributed by atoms with Crippen molar-refractivity contribution in [3.63, 3.8) is 0 Å². The van der Waals surface area contributed by atoms with Gasteiger partial charge in [-0.05, 0) is 60.5 Å². The lowest BCUT2D eigenvalue weighted by atomic mass is 10.1. The van der Waals surface area contributed by atoms with Gasteiger partial charge in [0.25, 0.3) is 26.1 Å². The zero-order valence-electron chi connectivity index (χ0n) is 23.5. The van der Waals surface area contributed by atoms with Gasteiger partial charge in [-0.25, -0.2) is 0 Å². The molecule has 0 fully saturated rings. The number of hydrogen-bond acceptors (Lipinski definition) is 7. The van der Waals surface area contributed by atoms with Crippen molar-refractivity contribution in [2.24, 2.45) is 0 Å². The van der Waals surface area contributed by atoms with Crippen molar-refractivity contribution in [2.75, 3.05) is 5.32 Å². The Morgan fingerprint density at radius 2 is 1.42 bits per heavy atom. The van der Waals surface area contributed by atoms with Crippen LogP contribution in [0.5, 0.6) is 0 Å². The fourth-order valence-electron chi connectivity index (χ4n) is 4.83. The van der Waals surface area contributed by atoms with Crippen molar-refractivity contribution in [1.29, 1.82) is 0 Å². The predicted octanol–water partition coefficient (Wildman–Crippen LogP) is 5.80. The van der Waals surface area contributed by atoms with E-state index in [-0.39, 0.29) is 26.6 Å². The minimum atomic E-state index is -4.63. The van der Waals surface area contributed by atoms with Gasteiger partial charge in [0.15, 0.2) is 0 Å². The number of benzene rings is 5. The van der Waals surface area contributed by atoms with Gasteiger partial charge < -0.3 is 5.32 Å². The van der Waals surface area contributed by atoms with Gasteiger partial charge in [-0.15, -0.1) is 10.2 Å². The van der Waals surface area contributed by atoms with Crippen LogP contribution in [0.3, 0.4) is 0 Å². The summed E-state index contributed by atoms with van der Waals surface area (Å²) >= 11 is 0. The van der Waals surface area contributed by atoms with Crippen LogP contribution in [-0.4, -0.2) is 46.8 Å². The molecule has 6 rings (SSSR count). The van der Waals surface area contributed by atoms with Gasteiger partial charge in [0.2, 0.25) is 0 Å². The van der Waals surface area contributed by atoms with Gasteiger partial charge >= 0.3 is 0 Å². The molecule has 1 heterocycles. The normalized spacial score (nSPS) is 12.2. The third-order valence-electron chi connectivity index (χ3n) is 7.08. The Morgan fingerprint density at radius 3 is 2.09 bits per heavy atom. The molecule has 45 heavy (non-hydrogen) atoms. The summed E-state index contributed by atoms with van der Waals surface area (Å²) in [6.07, 6.45) is 3.17. The fourth-order valence-corrected chi connectivity index (χ4v) is 6.25. The number of anilines is 1. The molecule has 226 valence electrons. The number of hydrogen-bond donors (Lipinski definition) is 3. The molecule has 6 aromatic rings. The van der Waals surface area contributed by atoms with Crippen LogP contribution >= 0.6 is 0 Å². The molecule has 0 unspecified atom stereocenters. The molecule has 13 heteroatoms. The van der Waals surface area contributed by atoms with Crippen molar-refractivity contribution < 1.29 is 30.7 Å². The summed E-state index contributed by atoms with van der Waals surface area (Å²) in [5.41, 5.74) is 3.78. The Hall–Kier alpha value is -5.21. The Balaban J connectivity index is 1.27. The molecule has 0 bridgehead atoms. The number of nitrogens with one attached hydrogen (secondary N) is 1. The van der Waals surface area contributed by atoms with E-state index in [1.165, 1.54) is 35.1 Å². The lowest BCUT2D eigenvalue weighted by Gasteiger charge is -2.09.